The lowest BCUT2D eigenvalue weighted by Crippen LogP contribution is -2.33. The van der Waals surface area contributed by atoms with Crippen molar-refractivity contribution in [2.75, 3.05) is 7.11 Å². The maximum Gasteiger partial charge on any atom is 0.330 e. The number of nitrogens with one attached hydrogen (secondary N) is 1. The zero-order valence-electron chi connectivity index (χ0n) is 16.0. The molecule has 2 aromatic heterocycles. The average molecular weight is 379 g/mol. The number of methoxy groups -OCH3 is 1. The number of benzene rings is 1. The number of carbonyl (C=O) groups is 1. The van der Waals surface area contributed by atoms with Gasteiger partial charge in [0.2, 0.25) is 0 Å². The summed E-state index contributed by atoms with van der Waals surface area (Å²) in [6.45, 7) is 3.71. The summed E-state index contributed by atoms with van der Waals surface area (Å²) < 4.78 is 6.66. The summed E-state index contributed by atoms with van der Waals surface area (Å²) >= 11 is 0. The zero-order chi connectivity index (χ0) is 20.0. The van der Waals surface area contributed by atoms with Gasteiger partial charge in [-0.1, -0.05) is 12.1 Å². The molecule has 0 fully saturated rings. The van der Waals surface area contributed by atoms with E-state index in [2.05, 4.69) is 9.97 Å². The van der Waals surface area contributed by atoms with Gasteiger partial charge in [0.25, 0.3) is 5.56 Å². The van der Waals surface area contributed by atoms with Gasteiger partial charge in [-0.15, -0.1) is 0 Å². The summed E-state index contributed by atoms with van der Waals surface area (Å²) in [6, 6.07) is 7.44. The first-order valence-corrected chi connectivity index (χ1v) is 9.24. The largest absolute Gasteiger partial charge is 0.497 e. The Morgan fingerprint density at radius 3 is 2.50 bits per heavy atom. The molecule has 0 amide bonds. The number of ketones is 1. The minimum absolute atomic E-state index is 0.0434. The molecule has 144 valence electrons. The van der Waals surface area contributed by atoms with Gasteiger partial charge in [-0.25, -0.2) is 9.78 Å². The van der Waals surface area contributed by atoms with E-state index in [9.17, 15) is 14.4 Å². The number of pyridine rings is 1. The maximum atomic E-state index is 12.8. The summed E-state index contributed by atoms with van der Waals surface area (Å²) in [4.78, 5) is 44.4. The van der Waals surface area contributed by atoms with Gasteiger partial charge in [0.05, 0.1) is 12.5 Å². The molecule has 1 unspecified atom stereocenters. The third-order valence-electron chi connectivity index (χ3n) is 5.35. The third kappa shape index (κ3) is 2.83. The number of Topliss-reactive ketones (excluding diaryl/α,β-unsaturated/α-hetero) is 1. The van der Waals surface area contributed by atoms with E-state index in [4.69, 9.17) is 4.74 Å². The molecule has 0 bridgehead atoms. The standard InChI is InChI=1S/C21H21N3O4/c1-11(2)24-19-18(20(26)23-21(24)27)15-8-13(9-17(25)16(15)10-22-19)12-4-6-14(28-3)7-5-12/h4-7,10-11,13H,8-9H2,1-3H3,(H,23,26,27). The van der Waals surface area contributed by atoms with Crippen LogP contribution in [0.4, 0.5) is 0 Å². The van der Waals surface area contributed by atoms with Crippen LogP contribution in [0.5, 0.6) is 5.75 Å². The molecular formula is C21H21N3O4. The summed E-state index contributed by atoms with van der Waals surface area (Å²) in [5.74, 6) is 0.659. The maximum absolute atomic E-state index is 12.8. The first kappa shape index (κ1) is 18.2. The van der Waals surface area contributed by atoms with Crippen LogP contribution in [-0.4, -0.2) is 27.4 Å². The smallest absolute Gasteiger partial charge is 0.330 e. The minimum atomic E-state index is -0.496. The highest BCUT2D eigenvalue weighted by molar-refractivity contribution is 6.02. The summed E-state index contributed by atoms with van der Waals surface area (Å²) in [7, 11) is 1.61. The molecule has 1 atom stereocenters. The van der Waals surface area contributed by atoms with Gasteiger partial charge in [0.1, 0.15) is 11.4 Å². The second-order valence-corrected chi connectivity index (χ2v) is 7.37. The average Bonchev–Trinajstić information content (AvgIpc) is 2.67. The highest BCUT2D eigenvalue weighted by atomic mass is 16.5. The fourth-order valence-corrected chi connectivity index (χ4v) is 3.97. The highest BCUT2D eigenvalue weighted by Crippen LogP contribution is 2.35. The van der Waals surface area contributed by atoms with Crippen molar-refractivity contribution in [3.63, 3.8) is 0 Å². The van der Waals surface area contributed by atoms with Crippen LogP contribution in [0.2, 0.25) is 0 Å². The van der Waals surface area contributed by atoms with Crippen molar-refractivity contribution in [1.29, 1.82) is 0 Å². The molecule has 28 heavy (non-hydrogen) atoms. The molecule has 4 rings (SSSR count). The van der Waals surface area contributed by atoms with Gasteiger partial charge in [-0.05, 0) is 49.4 Å². The Bertz CT molecular complexity index is 1190. The molecule has 2 heterocycles. The number of fused-ring (bicyclic) bond motifs is 3. The van der Waals surface area contributed by atoms with E-state index in [0.717, 1.165) is 11.3 Å². The van der Waals surface area contributed by atoms with Crippen LogP contribution in [-0.2, 0) is 6.42 Å². The van der Waals surface area contributed by atoms with Crippen molar-refractivity contribution in [1.82, 2.24) is 14.5 Å². The number of aromatic amines is 1. The van der Waals surface area contributed by atoms with Gasteiger partial charge >= 0.3 is 5.69 Å². The SMILES string of the molecule is COc1ccc(C2CC(=O)c3cnc4c(c3C2)c(=O)[nH]c(=O)n4C(C)C)cc1. The van der Waals surface area contributed by atoms with Crippen LogP contribution in [0.1, 0.15) is 53.7 Å². The lowest BCUT2D eigenvalue weighted by Gasteiger charge is -2.25. The summed E-state index contributed by atoms with van der Waals surface area (Å²) in [6.07, 6.45) is 2.39. The third-order valence-corrected chi connectivity index (χ3v) is 5.35. The van der Waals surface area contributed by atoms with Crippen molar-refractivity contribution >= 4 is 16.8 Å². The Morgan fingerprint density at radius 2 is 1.86 bits per heavy atom. The van der Waals surface area contributed by atoms with Crippen molar-refractivity contribution in [3.8, 4) is 5.75 Å². The molecule has 3 aromatic rings. The van der Waals surface area contributed by atoms with Gasteiger partial charge in [-0.2, -0.15) is 0 Å². The number of carbonyl (C=O) groups excluding carboxylic acids is 1. The highest BCUT2D eigenvalue weighted by Gasteiger charge is 2.30. The molecule has 1 aromatic carbocycles. The molecule has 7 nitrogen and oxygen atoms in total. The van der Waals surface area contributed by atoms with Gasteiger partial charge < -0.3 is 4.74 Å². The Morgan fingerprint density at radius 1 is 1.14 bits per heavy atom. The molecule has 1 N–H and O–H groups in total. The molecular weight excluding hydrogens is 358 g/mol. The first-order chi connectivity index (χ1) is 13.4. The van der Waals surface area contributed by atoms with Crippen LogP contribution >= 0.6 is 0 Å². The van der Waals surface area contributed by atoms with Crippen molar-refractivity contribution in [3.05, 3.63) is 68.0 Å². The lowest BCUT2D eigenvalue weighted by molar-refractivity contribution is 0.0964. The number of hydrogen-bond acceptors (Lipinski definition) is 5. The van der Waals surface area contributed by atoms with E-state index < -0.39 is 11.2 Å². The van der Waals surface area contributed by atoms with E-state index in [1.165, 1.54) is 10.8 Å². The van der Waals surface area contributed by atoms with Gasteiger partial charge in [0, 0.05) is 24.2 Å². The quantitative estimate of drug-likeness (QED) is 0.755. The predicted molar refractivity (Wildman–Crippen MR) is 105 cm³/mol. The van der Waals surface area contributed by atoms with E-state index >= 15 is 0 Å². The Hall–Kier alpha value is -3.22. The zero-order valence-corrected chi connectivity index (χ0v) is 16.0. The van der Waals surface area contributed by atoms with Crippen molar-refractivity contribution < 1.29 is 9.53 Å². The van der Waals surface area contributed by atoms with Gasteiger partial charge in [-0.3, -0.25) is 19.1 Å². The van der Waals surface area contributed by atoms with Crippen LogP contribution in [0.3, 0.4) is 0 Å². The van der Waals surface area contributed by atoms with Crippen LogP contribution < -0.4 is 16.0 Å². The molecule has 7 heteroatoms. The molecule has 0 radical (unpaired) electrons. The normalized spacial score (nSPS) is 16.4. The molecule has 0 aliphatic heterocycles. The second-order valence-electron chi connectivity index (χ2n) is 7.37. The topological polar surface area (TPSA) is 94.1 Å². The van der Waals surface area contributed by atoms with E-state index in [-0.39, 0.29) is 17.7 Å². The number of nitrogens with zero attached hydrogens (tertiary/aromatic N) is 2. The number of hydrogen-bond donors (Lipinski definition) is 1. The Labute approximate surface area is 161 Å². The monoisotopic (exact) mass is 379 g/mol. The number of rotatable bonds is 3. The van der Waals surface area contributed by atoms with Crippen LogP contribution in [0.25, 0.3) is 11.0 Å². The van der Waals surface area contributed by atoms with E-state index in [1.807, 2.05) is 38.1 Å². The number of H-pyrrole nitrogens is 1. The molecule has 0 spiro atoms. The molecule has 0 saturated heterocycles. The number of aromatic nitrogens is 3. The predicted octanol–water partition coefficient (Wildman–Crippen LogP) is 2.59. The molecule has 1 aliphatic rings. The van der Waals surface area contributed by atoms with E-state index in [0.29, 0.717) is 35.0 Å². The van der Waals surface area contributed by atoms with Crippen molar-refractivity contribution in [2.24, 2.45) is 0 Å². The van der Waals surface area contributed by atoms with Gasteiger partial charge in [0.15, 0.2) is 5.78 Å². The lowest BCUT2D eigenvalue weighted by atomic mass is 9.79. The molecule has 1 aliphatic carbocycles. The summed E-state index contributed by atoms with van der Waals surface area (Å²) in [5, 5.41) is 0.331. The van der Waals surface area contributed by atoms with Crippen molar-refractivity contribution in [2.45, 2.75) is 38.6 Å². The Balaban J connectivity index is 1.91. The van der Waals surface area contributed by atoms with E-state index in [1.54, 1.807) is 7.11 Å². The second kappa shape index (κ2) is 6.74. The first-order valence-electron chi connectivity index (χ1n) is 9.24. The molecule has 0 saturated carbocycles. The van der Waals surface area contributed by atoms with Crippen LogP contribution in [0.15, 0.2) is 40.1 Å². The van der Waals surface area contributed by atoms with Crippen LogP contribution in [0, 0.1) is 0 Å². The fourth-order valence-electron chi connectivity index (χ4n) is 3.97. The summed E-state index contributed by atoms with van der Waals surface area (Å²) in [5.41, 5.74) is 1.48. The minimum Gasteiger partial charge on any atom is -0.497 e. The fraction of sp³-hybridized carbons (Fsp3) is 0.333. The Kier molecular flexibility index (Phi) is 4.37. The number of ether oxygens (including phenoxy) is 1.